The lowest BCUT2D eigenvalue weighted by atomic mass is 10.2. The van der Waals surface area contributed by atoms with Crippen LogP contribution in [0.4, 0.5) is 4.39 Å². The molecule has 1 aromatic heterocycles. The summed E-state index contributed by atoms with van der Waals surface area (Å²) >= 11 is 5.83. The highest BCUT2D eigenvalue weighted by Crippen LogP contribution is 2.32. The number of halogens is 2. The third-order valence-corrected chi connectivity index (χ3v) is 3.29. The van der Waals surface area contributed by atoms with Crippen LogP contribution >= 0.6 is 11.6 Å². The Morgan fingerprint density at radius 2 is 1.85 bits per heavy atom. The predicted octanol–water partition coefficient (Wildman–Crippen LogP) is 4.91. The minimum absolute atomic E-state index is 0.153. The maximum atomic E-state index is 13.9. The number of ether oxygens (including phenoxy) is 1. The number of benzene rings is 2. The van der Waals surface area contributed by atoms with Crippen molar-refractivity contribution in [3.63, 3.8) is 0 Å². The van der Waals surface area contributed by atoms with Crippen LogP contribution in [0, 0.1) is 5.82 Å². The number of hydrogen-bond donors (Lipinski definition) is 0. The Labute approximate surface area is 120 Å². The summed E-state index contributed by atoms with van der Waals surface area (Å²) in [7, 11) is 0. The van der Waals surface area contributed by atoms with E-state index >= 15 is 0 Å². The molecule has 0 bridgehead atoms. The molecule has 4 heteroatoms. The molecule has 3 rings (SSSR count). The molecule has 0 aliphatic heterocycles. The lowest BCUT2D eigenvalue weighted by Crippen LogP contribution is -1.94. The van der Waals surface area contributed by atoms with Gasteiger partial charge in [0, 0.05) is 17.1 Å². The summed E-state index contributed by atoms with van der Waals surface area (Å²) in [5.41, 5.74) is 1.30. The van der Waals surface area contributed by atoms with Gasteiger partial charge in [0.1, 0.15) is 5.52 Å². The van der Waals surface area contributed by atoms with Gasteiger partial charge in [-0.15, -0.1) is 11.6 Å². The van der Waals surface area contributed by atoms with Crippen LogP contribution in [-0.2, 0) is 5.88 Å². The monoisotopic (exact) mass is 287 g/mol. The molecule has 2 aromatic carbocycles. The average Bonchev–Trinajstić information content (AvgIpc) is 2.49. The smallest absolute Gasteiger partial charge is 0.167 e. The number of para-hydroxylation sites is 2. The fourth-order valence-electron chi connectivity index (χ4n) is 2.04. The first kappa shape index (κ1) is 12.9. The molecule has 0 aliphatic rings. The van der Waals surface area contributed by atoms with E-state index in [9.17, 15) is 4.39 Å². The van der Waals surface area contributed by atoms with E-state index in [0.29, 0.717) is 16.8 Å². The minimum Gasteiger partial charge on any atom is -0.452 e. The van der Waals surface area contributed by atoms with Gasteiger partial charge in [0.15, 0.2) is 17.3 Å². The van der Waals surface area contributed by atoms with Crippen molar-refractivity contribution in [3.05, 3.63) is 66.1 Å². The van der Waals surface area contributed by atoms with Crippen LogP contribution in [0.1, 0.15) is 5.56 Å². The summed E-state index contributed by atoms with van der Waals surface area (Å²) in [4.78, 5) is 4.28. The van der Waals surface area contributed by atoms with E-state index in [2.05, 4.69) is 4.98 Å². The van der Waals surface area contributed by atoms with E-state index in [4.69, 9.17) is 16.3 Å². The van der Waals surface area contributed by atoms with Gasteiger partial charge in [0.2, 0.25) is 0 Å². The Hall–Kier alpha value is -2.13. The zero-order chi connectivity index (χ0) is 13.9. The van der Waals surface area contributed by atoms with Gasteiger partial charge >= 0.3 is 0 Å². The molecule has 0 fully saturated rings. The Morgan fingerprint density at radius 3 is 2.70 bits per heavy atom. The molecule has 0 unspecified atom stereocenters. The fraction of sp³-hybridized carbons (Fsp3) is 0.0625. The summed E-state index contributed by atoms with van der Waals surface area (Å²) in [5.74, 6) is 0.418. The number of pyridine rings is 1. The van der Waals surface area contributed by atoms with Crippen LogP contribution in [0.5, 0.6) is 11.5 Å². The number of nitrogens with zero attached hydrogens (tertiary/aromatic N) is 1. The van der Waals surface area contributed by atoms with Crippen LogP contribution < -0.4 is 4.74 Å². The summed E-state index contributed by atoms with van der Waals surface area (Å²) in [5, 5.41) is 0.939. The second-order valence-electron chi connectivity index (χ2n) is 4.30. The second kappa shape index (κ2) is 5.47. The number of alkyl halides is 1. The number of rotatable bonds is 3. The van der Waals surface area contributed by atoms with Crippen LogP contribution in [0.25, 0.3) is 10.9 Å². The highest BCUT2D eigenvalue weighted by Gasteiger charge is 2.12. The molecule has 0 amide bonds. The van der Waals surface area contributed by atoms with Crippen molar-refractivity contribution < 1.29 is 9.13 Å². The topological polar surface area (TPSA) is 22.1 Å². The largest absolute Gasteiger partial charge is 0.452 e. The lowest BCUT2D eigenvalue weighted by molar-refractivity contribution is 0.441. The minimum atomic E-state index is -0.434. The number of hydrogen-bond acceptors (Lipinski definition) is 2. The maximum Gasteiger partial charge on any atom is 0.167 e. The lowest BCUT2D eigenvalue weighted by Gasteiger charge is -2.11. The molecule has 20 heavy (non-hydrogen) atoms. The van der Waals surface area contributed by atoms with E-state index in [1.54, 1.807) is 24.4 Å². The highest BCUT2D eigenvalue weighted by atomic mass is 35.5. The molecule has 0 radical (unpaired) electrons. The summed E-state index contributed by atoms with van der Waals surface area (Å²) in [6, 6.07) is 14.0. The van der Waals surface area contributed by atoms with Crippen LogP contribution in [-0.4, -0.2) is 4.98 Å². The zero-order valence-electron chi connectivity index (χ0n) is 10.5. The predicted molar refractivity (Wildman–Crippen MR) is 77.8 cm³/mol. The summed E-state index contributed by atoms with van der Waals surface area (Å²) < 4.78 is 19.6. The Bertz CT molecular complexity index is 755. The van der Waals surface area contributed by atoms with Crippen molar-refractivity contribution in [2.24, 2.45) is 0 Å². The van der Waals surface area contributed by atoms with Crippen molar-refractivity contribution >= 4 is 22.5 Å². The quantitative estimate of drug-likeness (QED) is 0.639. The molecule has 0 aliphatic carbocycles. The molecule has 2 nitrogen and oxygen atoms in total. The van der Waals surface area contributed by atoms with Crippen molar-refractivity contribution in [2.45, 2.75) is 5.88 Å². The average molecular weight is 288 g/mol. The van der Waals surface area contributed by atoms with Crippen molar-refractivity contribution in [2.75, 3.05) is 0 Å². The second-order valence-corrected chi connectivity index (χ2v) is 4.56. The first-order valence-electron chi connectivity index (χ1n) is 6.14. The number of fused-ring (bicyclic) bond motifs is 1. The third kappa shape index (κ3) is 2.32. The van der Waals surface area contributed by atoms with Gasteiger partial charge < -0.3 is 4.74 Å². The zero-order valence-corrected chi connectivity index (χ0v) is 11.3. The van der Waals surface area contributed by atoms with Crippen LogP contribution in [0.2, 0.25) is 0 Å². The van der Waals surface area contributed by atoms with Gasteiger partial charge in [0.25, 0.3) is 0 Å². The molecule has 0 saturated heterocycles. The maximum absolute atomic E-state index is 13.9. The SMILES string of the molecule is Fc1cccc(CCl)c1Oc1cccc2cccnc12. The first-order valence-corrected chi connectivity index (χ1v) is 6.68. The molecule has 100 valence electrons. The van der Waals surface area contributed by atoms with Gasteiger partial charge in [-0.1, -0.05) is 30.3 Å². The molecule has 0 N–H and O–H groups in total. The molecule has 0 atom stereocenters. The molecule has 3 aromatic rings. The van der Waals surface area contributed by atoms with Crippen molar-refractivity contribution in [1.82, 2.24) is 4.98 Å². The summed E-state index contributed by atoms with van der Waals surface area (Å²) in [6.45, 7) is 0. The molecule has 0 saturated carbocycles. The Morgan fingerprint density at radius 1 is 1.05 bits per heavy atom. The van der Waals surface area contributed by atoms with Crippen LogP contribution in [0.15, 0.2) is 54.7 Å². The van der Waals surface area contributed by atoms with Gasteiger partial charge in [-0.05, 0) is 18.2 Å². The van der Waals surface area contributed by atoms with Crippen molar-refractivity contribution in [1.29, 1.82) is 0 Å². The molecular formula is C16H11ClFNO. The molecular weight excluding hydrogens is 277 g/mol. The van der Waals surface area contributed by atoms with E-state index < -0.39 is 5.82 Å². The standard InChI is InChI=1S/C16H11ClFNO/c17-10-12-5-1-7-13(18)16(12)20-14-8-2-4-11-6-3-9-19-15(11)14/h1-9H,10H2. The van der Waals surface area contributed by atoms with Gasteiger partial charge in [0.05, 0.1) is 5.88 Å². The first-order chi connectivity index (χ1) is 9.79. The molecule has 1 heterocycles. The van der Waals surface area contributed by atoms with E-state index in [1.165, 1.54) is 6.07 Å². The van der Waals surface area contributed by atoms with Gasteiger partial charge in [-0.2, -0.15) is 0 Å². The van der Waals surface area contributed by atoms with Crippen molar-refractivity contribution in [3.8, 4) is 11.5 Å². The highest BCUT2D eigenvalue weighted by molar-refractivity contribution is 6.17. The van der Waals surface area contributed by atoms with Gasteiger partial charge in [-0.3, -0.25) is 4.98 Å². The van der Waals surface area contributed by atoms with E-state index in [1.807, 2.05) is 24.3 Å². The molecule has 0 spiro atoms. The third-order valence-electron chi connectivity index (χ3n) is 3.00. The summed E-state index contributed by atoms with van der Waals surface area (Å²) in [6.07, 6.45) is 1.68. The van der Waals surface area contributed by atoms with E-state index in [-0.39, 0.29) is 11.6 Å². The fourth-order valence-corrected chi connectivity index (χ4v) is 2.25. The van der Waals surface area contributed by atoms with E-state index in [0.717, 1.165) is 5.39 Å². The Kier molecular flexibility index (Phi) is 3.52. The van der Waals surface area contributed by atoms with Crippen LogP contribution in [0.3, 0.4) is 0 Å². The number of aromatic nitrogens is 1. The normalized spacial score (nSPS) is 10.7. The van der Waals surface area contributed by atoms with Gasteiger partial charge in [-0.25, -0.2) is 4.39 Å². The Balaban J connectivity index is 2.10.